The predicted octanol–water partition coefficient (Wildman–Crippen LogP) is 3.05. The van der Waals surface area contributed by atoms with Crippen LogP contribution in [0, 0.1) is 13.8 Å². The molecule has 0 aliphatic carbocycles. The Bertz CT molecular complexity index is 1280. The van der Waals surface area contributed by atoms with Gasteiger partial charge in [0.1, 0.15) is 12.3 Å². The van der Waals surface area contributed by atoms with Gasteiger partial charge in [-0.1, -0.05) is 17.3 Å². The second kappa shape index (κ2) is 8.38. The summed E-state index contributed by atoms with van der Waals surface area (Å²) < 4.78 is 16.1. The van der Waals surface area contributed by atoms with Crippen molar-refractivity contribution in [3.8, 4) is 22.9 Å². The molecule has 3 heterocycles. The fraction of sp³-hybridized carbons (Fsp3) is 0.261. The molecule has 2 amide bonds. The second-order valence-electron chi connectivity index (χ2n) is 7.78. The van der Waals surface area contributed by atoms with Gasteiger partial charge in [-0.05, 0) is 49.2 Å². The van der Waals surface area contributed by atoms with Crippen LogP contribution in [0.15, 0.2) is 46.0 Å². The van der Waals surface area contributed by atoms with Crippen molar-refractivity contribution >= 4 is 23.2 Å². The molecule has 0 spiro atoms. The van der Waals surface area contributed by atoms with E-state index in [0.717, 1.165) is 16.1 Å². The number of aromatic nitrogens is 2. The van der Waals surface area contributed by atoms with Crippen molar-refractivity contribution in [3.63, 3.8) is 0 Å². The summed E-state index contributed by atoms with van der Waals surface area (Å²) in [5.41, 5.74) is 3.90. The van der Waals surface area contributed by atoms with Gasteiger partial charge < -0.3 is 19.3 Å². The van der Waals surface area contributed by atoms with Crippen LogP contribution in [0.4, 0.5) is 5.69 Å². The highest BCUT2D eigenvalue weighted by Gasteiger charge is 2.27. The van der Waals surface area contributed by atoms with E-state index in [1.54, 1.807) is 18.2 Å². The third kappa shape index (κ3) is 4.14. The number of aryl methyl sites for hydroxylation is 1. The monoisotopic (exact) mass is 447 g/mol. The third-order valence-electron chi connectivity index (χ3n) is 5.58. The van der Waals surface area contributed by atoms with Crippen molar-refractivity contribution in [1.29, 1.82) is 0 Å². The van der Waals surface area contributed by atoms with E-state index >= 15 is 0 Å². The number of benzene rings is 2. The number of rotatable bonds is 5. The predicted molar refractivity (Wildman–Crippen MR) is 118 cm³/mol. The first-order chi connectivity index (χ1) is 16.0. The molecule has 0 saturated heterocycles. The van der Waals surface area contributed by atoms with E-state index in [-0.39, 0.29) is 37.5 Å². The quantitative estimate of drug-likeness (QED) is 0.638. The standard InChI is InChI=1S/C23H21N5O5/c1-13-4-3-5-16(14(13)2)24-20(29)11-28-21(30)9-7-17(26-28)23-25-22(27-33-23)15-6-8-18-19(10-15)32-12-31-18/h3-6,8,10H,7,9,11-12H2,1-2H3,(H,24,29). The van der Waals surface area contributed by atoms with E-state index in [2.05, 4.69) is 20.6 Å². The molecular formula is C23H21N5O5. The van der Waals surface area contributed by atoms with Crippen LogP contribution < -0.4 is 14.8 Å². The molecule has 0 bridgehead atoms. The van der Waals surface area contributed by atoms with Crippen LogP contribution in [0.5, 0.6) is 11.5 Å². The molecule has 168 valence electrons. The molecule has 0 unspecified atom stereocenters. The molecule has 2 aromatic carbocycles. The Morgan fingerprint density at radius 3 is 2.85 bits per heavy atom. The molecule has 0 radical (unpaired) electrons. The SMILES string of the molecule is Cc1cccc(NC(=O)CN2N=C(c3nc(-c4ccc5c(c4)OCO5)no3)CCC2=O)c1C. The van der Waals surface area contributed by atoms with Gasteiger partial charge in [-0.3, -0.25) is 9.59 Å². The van der Waals surface area contributed by atoms with Crippen LogP contribution in [0.2, 0.25) is 0 Å². The lowest BCUT2D eigenvalue weighted by atomic mass is 10.1. The molecule has 5 rings (SSSR count). The maximum absolute atomic E-state index is 12.6. The largest absolute Gasteiger partial charge is 0.454 e. The lowest BCUT2D eigenvalue weighted by molar-refractivity contribution is -0.135. The number of hydrazone groups is 1. The summed E-state index contributed by atoms with van der Waals surface area (Å²) in [5, 5.41) is 12.3. The zero-order valence-electron chi connectivity index (χ0n) is 18.1. The number of carbonyl (C=O) groups is 2. The van der Waals surface area contributed by atoms with Gasteiger partial charge in [0.15, 0.2) is 11.5 Å². The maximum Gasteiger partial charge on any atom is 0.274 e. The highest BCUT2D eigenvalue weighted by atomic mass is 16.7. The van der Waals surface area contributed by atoms with Gasteiger partial charge in [0.2, 0.25) is 24.4 Å². The average Bonchev–Trinajstić information content (AvgIpc) is 3.47. The normalized spacial score (nSPS) is 14.9. The Balaban J connectivity index is 1.32. The number of hydrogen-bond acceptors (Lipinski definition) is 8. The van der Waals surface area contributed by atoms with Crippen LogP contribution in [-0.2, 0) is 9.59 Å². The summed E-state index contributed by atoms with van der Waals surface area (Å²) in [7, 11) is 0. The highest BCUT2D eigenvalue weighted by molar-refractivity contribution is 6.02. The fourth-order valence-corrected chi connectivity index (χ4v) is 3.58. The molecule has 10 nitrogen and oxygen atoms in total. The Kier molecular flexibility index (Phi) is 5.25. The zero-order chi connectivity index (χ0) is 22.9. The van der Waals surface area contributed by atoms with E-state index in [1.807, 2.05) is 32.0 Å². The van der Waals surface area contributed by atoms with Crippen molar-refractivity contribution < 1.29 is 23.6 Å². The van der Waals surface area contributed by atoms with Crippen molar-refractivity contribution in [3.05, 3.63) is 53.4 Å². The fourth-order valence-electron chi connectivity index (χ4n) is 3.58. The van der Waals surface area contributed by atoms with Crippen LogP contribution >= 0.6 is 0 Å². The Labute approximate surface area is 189 Å². The van der Waals surface area contributed by atoms with Gasteiger partial charge in [-0.15, -0.1) is 0 Å². The summed E-state index contributed by atoms with van der Waals surface area (Å²) >= 11 is 0. The third-order valence-corrected chi connectivity index (χ3v) is 5.58. The van der Waals surface area contributed by atoms with Gasteiger partial charge in [0, 0.05) is 24.1 Å². The van der Waals surface area contributed by atoms with Crippen molar-refractivity contribution in [1.82, 2.24) is 15.1 Å². The second-order valence-corrected chi connectivity index (χ2v) is 7.78. The molecule has 1 aromatic heterocycles. The lowest BCUT2D eigenvalue weighted by Gasteiger charge is -2.22. The molecule has 0 fully saturated rings. The van der Waals surface area contributed by atoms with Gasteiger partial charge in [0.25, 0.3) is 5.89 Å². The van der Waals surface area contributed by atoms with E-state index in [0.29, 0.717) is 40.7 Å². The Morgan fingerprint density at radius 2 is 1.97 bits per heavy atom. The summed E-state index contributed by atoms with van der Waals surface area (Å²) in [6.45, 7) is 3.87. The molecule has 1 N–H and O–H groups in total. The van der Waals surface area contributed by atoms with Crippen LogP contribution in [0.3, 0.4) is 0 Å². The van der Waals surface area contributed by atoms with Crippen LogP contribution in [-0.4, -0.2) is 46.0 Å². The zero-order valence-corrected chi connectivity index (χ0v) is 18.1. The topological polar surface area (TPSA) is 119 Å². The van der Waals surface area contributed by atoms with E-state index in [4.69, 9.17) is 14.0 Å². The Hall–Kier alpha value is -4.21. The minimum atomic E-state index is -0.339. The smallest absolute Gasteiger partial charge is 0.274 e. The summed E-state index contributed by atoms with van der Waals surface area (Å²) in [5.74, 6) is 1.25. The molecule has 33 heavy (non-hydrogen) atoms. The first kappa shape index (κ1) is 20.7. The molecule has 2 aliphatic rings. The number of nitrogens with zero attached hydrogens (tertiary/aromatic N) is 4. The van der Waals surface area contributed by atoms with Crippen LogP contribution in [0.25, 0.3) is 11.4 Å². The van der Waals surface area contributed by atoms with Crippen molar-refractivity contribution in [2.45, 2.75) is 26.7 Å². The summed E-state index contributed by atoms with van der Waals surface area (Å²) in [4.78, 5) is 29.3. The van der Waals surface area contributed by atoms with Crippen molar-refractivity contribution in [2.24, 2.45) is 5.10 Å². The van der Waals surface area contributed by atoms with Crippen LogP contribution in [0.1, 0.15) is 29.9 Å². The number of amides is 2. The minimum absolute atomic E-state index is 0.175. The molecule has 2 aliphatic heterocycles. The highest BCUT2D eigenvalue weighted by Crippen LogP contribution is 2.35. The first-order valence-electron chi connectivity index (χ1n) is 10.5. The number of ether oxygens (including phenoxy) is 2. The van der Waals surface area contributed by atoms with E-state index in [9.17, 15) is 9.59 Å². The van der Waals surface area contributed by atoms with Gasteiger partial charge in [-0.25, -0.2) is 5.01 Å². The van der Waals surface area contributed by atoms with Gasteiger partial charge in [0.05, 0.1) is 0 Å². The number of carbonyl (C=O) groups excluding carboxylic acids is 2. The van der Waals surface area contributed by atoms with Gasteiger partial charge in [-0.2, -0.15) is 10.1 Å². The average molecular weight is 447 g/mol. The lowest BCUT2D eigenvalue weighted by Crippen LogP contribution is -2.38. The van der Waals surface area contributed by atoms with Crippen molar-refractivity contribution in [2.75, 3.05) is 18.7 Å². The number of hydrogen-bond donors (Lipinski definition) is 1. The number of nitrogens with one attached hydrogen (secondary N) is 1. The molecular weight excluding hydrogens is 426 g/mol. The molecule has 3 aromatic rings. The first-order valence-corrected chi connectivity index (χ1v) is 10.5. The minimum Gasteiger partial charge on any atom is -0.454 e. The maximum atomic E-state index is 12.6. The molecule has 0 saturated carbocycles. The van der Waals surface area contributed by atoms with E-state index in [1.165, 1.54) is 0 Å². The molecule has 10 heteroatoms. The number of anilines is 1. The Morgan fingerprint density at radius 1 is 1.12 bits per heavy atom. The van der Waals surface area contributed by atoms with E-state index < -0.39 is 0 Å². The van der Waals surface area contributed by atoms with Gasteiger partial charge >= 0.3 is 0 Å². The summed E-state index contributed by atoms with van der Waals surface area (Å²) in [6, 6.07) is 11.0. The molecule has 0 atom stereocenters. The number of fused-ring (bicyclic) bond motifs is 1. The summed E-state index contributed by atoms with van der Waals surface area (Å²) in [6.07, 6.45) is 0.536.